The lowest BCUT2D eigenvalue weighted by molar-refractivity contribution is -0.128. The first kappa shape index (κ1) is 10.7. The zero-order valence-electron chi connectivity index (χ0n) is 8.14. The van der Waals surface area contributed by atoms with E-state index in [9.17, 15) is 9.90 Å². The Balaban J connectivity index is 2.38. The molecule has 0 saturated carbocycles. The van der Waals surface area contributed by atoms with Crippen molar-refractivity contribution < 1.29 is 14.6 Å². The predicted molar refractivity (Wildman–Crippen MR) is 53.2 cm³/mol. The van der Waals surface area contributed by atoms with Gasteiger partial charge in [-0.05, 0) is 12.1 Å². The number of para-hydroxylation sites is 1. The molecule has 0 saturated heterocycles. The van der Waals surface area contributed by atoms with Crippen LogP contribution in [0, 0.1) is 0 Å². The zero-order chi connectivity index (χ0) is 10.4. The largest absolute Gasteiger partial charge is 0.490 e. The Kier molecular flexibility index (Phi) is 4.13. The maximum atomic E-state index is 11.0. The summed E-state index contributed by atoms with van der Waals surface area (Å²) in [6.07, 6.45) is -0.681. The van der Waals surface area contributed by atoms with Crippen LogP contribution in [0.25, 0.3) is 0 Å². The number of hydrogen-bond acceptors (Lipinski definition) is 3. The van der Waals surface area contributed by atoms with E-state index < -0.39 is 6.10 Å². The van der Waals surface area contributed by atoms with Crippen molar-refractivity contribution in [3.63, 3.8) is 0 Å². The molecule has 3 nitrogen and oxygen atoms in total. The molecule has 0 spiro atoms. The molecule has 1 aromatic carbocycles. The number of aliphatic hydroxyl groups excluding tert-OH is 1. The molecule has 0 unspecified atom stereocenters. The molecule has 0 aliphatic heterocycles. The molecule has 0 fully saturated rings. The van der Waals surface area contributed by atoms with Gasteiger partial charge in [-0.1, -0.05) is 25.1 Å². The van der Waals surface area contributed by atoms with Crippen LogP contribution in [0.3, 0.4) is 0 Å². The average molecular weight is 194 g/mol. The first-order valence-corrected chi connectivity index (χ1v) is 4.62. The molecular formula is C11H14O3. The highest BCUT2D eigenvalue weighted by Gasteiger charge is 2.12. The lowest BCUT2D eigenvalue weighted by Gasteiger charge is -2.10. The lowest BCUT2D eigenvalue weighted by atomic mass is 10.2. The Morgan fingerprint density at radius 2 is 2.07 bits per heavy atom. The van der Waals surface area contributed by atoms with Gasteiger partial charge in [0.15, 0.2) is 5.78 Å². The SMILES string of the molecule is CCC(=O)[C@H](O)COc1ccccc1. The van der Waals surface area contributed by atoms with Gasteiger partial charge in [-0.3, -0.25) is 4.79 Å². The molecule has 3 heteroatoms. The molecule has 1 atom stereocenters. The maximum Gasteiger partial charge on any atom is 0.164 e. The van der Waals surface area contributed by atoms with E-state index in [1.165, 1.54) is 0 Å². The molecule has 0 aliphatic rings. The normalized spacial score (nSPS) is 12.1. The minimum Gasteiger partial charge on any atom is -0.490 e. The number of rotatable bonds is 5. The molecule has 1 rings (SSSR count). The van der Waals surface area contributed by atoms with Gasteiger partial charge < -0.3 is 9.84 Å². The molecule has 14 heavy (non-hydrogen) atoms. The van der Waals surface area contributed by atoms with Gasteiger partial charge in [-0.15, -0.1) is 0 Å². The molecule has 1 aromatic rings. The van der Waals surface area contributed by atoms with Crippen molar-refractivity contribution >= 4 is 5.78 Å². The summed E-state index contributed by atoms with van der Waals surface area (Å²) in [5.74, 6) is 0.469. The van der Waals surface area contributed by atoms with Gasteiger partial charge in [0.2, 0.25) is 0 Å². The second-order valence-electron chi connectivity index (χ2n) is 2.96. The number of hydrogen-bond donors (Lipinski definition) is 1. The Labute approximate surface area is 83.3 Å². The quantitative estimate of drug-likeness (QED) is 0.770. The molecular weight excluding hydrogens is 180 g/mol. The fourth-order valence-corrected chi connectivity index (χ4v) is 1.02. The summed E-state index contributed by atoms with van der Waals surface area (Å²) in [5, 5.41) is 9.30. The topological polar surface area (TPSA) is 46.5 Å². The van der Waals surface area contributed by atoms with Crippen LogP contribution >= 0.6 is 0 Å². The number of carbonyl (C=O) groups excluding carboxylic acids is 1. The number of ether oxygens (including phenoxy) is 1. The van der Waals surface area contributed by atoms with E-state index in [4.69, 9.17) is 4.74 Å². The van der Waals surface area contributed by atoms with Crippen LogP contribution in [0.5, 0.6) is 5.75 Å². The van der Waals surface area contributed by atoms with E-state index in [1.54, 1.807) is 19.1 Å². The highest BCUT2D eigenvalue weighted by atomic mass is 16.5. The Bertz CT molecular complexity index is 282. The van der Waals surface area contributed by atoms with E-state index in [0.717, 1.165) is 0 Å². The molecule has 0 bridgehead atoms. The van der Waals surface area contributed by atoms with Crippen LogP contribution in [-0.4, -0.2) is 23.6 Å². The number of carbonyl (C=O) groups is 1. The number of aliphatic hydroxyl groups is 1. The Morgan fingerprint density at radius 1 is 1.43 bits per heavy atom. The van der Waals surface area contributed by atoms with Gasteiger partial charge >= 0.3 is 0 Å². The van der Waals surface area contributed by atoms with Crippen molar-refractivity contribution in [1.29, 1.82) is 0 Å². The molecule has 0 aliphatic carbocycles. The van der Waals surface area contributed by atoms with Crippen molar-refractivity contribution in [3.8, 4) is 5.75 Å². The van der Waals surface area contributed by atoms with Gasteiger partial charge in [0, 0.05) is 6.42 Å². The van der Waals surface area contributed by atoms with Crippen LogP contribution < -0.4 is 4.74 Å². The summed E-state index contributed by atoms with van der Waals surface area (Å²) < 4.78 is 5.22. The molecule has 0 radical (unpaired) electrons. The summed E-state index contributed by atoms with van der Waals surface area (Å²) in [4.78, 5) is 11.0. The first-order valence-electron chi connectivity index (χ1n) is 4.62. The fraction of sp³-hybridized carbons (Fsp3) is 0.364. The van der Waals surface area contributed by atoms with Crippen LogP contribution in [0.1, 0.15) is 13.3 Å². The summed E-state index contributed by atoms with van der Waals surface area (Å²) in [7, 11) is 0. The molecule has 0 heterocycles. The monoisotopic (exact) mass is 194 g/mol. The molecule has 0 aromatic heterocycles. The van der Waals surface area contributed by atoms with E-state index in [-0.39, 0.29) is 12.4 Å². The van der Waals surface area contributed by atoms with Crippen molar-refractivity contribution in [2.75, 3.05) is 6.61 Å². The zero-order valence-corrected chi connectivity index (χ0v) is 8.14. The fourth-order valence-electron chi connectivity index (χ4n) is 1.02. The molecule has 0 amide bonds. The molecule has 1 N–H and O–H groups in total. The summed E-state index contributed by atoms with van der Waals surface area (Å²) in [6, 6.07) is 9.11. The second kappa shape index (κ2) is 5.40. The Morgan fingerprint density at radius 3 is 2.64 bits per heavy atom. The summed E-state index contributed by atoms with van der Waals surface area (Å²) >= 11 is 0. The van der Waals surface area contributed by atoms with Gasteiger partial charge in [-0.25, -0.2) is 0 Å². The van der Waals surface area contributed by atoms with E-state index in [2.05, 4.69) is 0 Å². The summed E-state index contributed by atoms with van der Waals surface area (Å²) in [5.41, 5.74) is 0. The van der Waals surface area contributed by atoms with Crippen LogP contribution in [0.15, 0.2) is 30.3 Å². The van der Waals surface area contributed by atoms with Gasteiger partial charge in [0.05, 0.1) is 0 Å². The van der Waals surface area contributed by atoms with Crippen LogP contribution in [-0.2, 0) is 4.79 Å². The van der Waals surface area contributed by atoms with E-state index in [0.29, 0.717) is 12.2 Å². The Hall–Kier alpha value is -1.35. The van der Waals surface area contributed by atoms with E-state index >= 15 is 0 Å². The summed E-state index contributed by atoms with van der Waals surface area (Å²) in [6.45, 7) is 1.74. The van der Waals surface area contributed by atoms with Gasteiger partial charge in [-0.2, -0.15) is 0 Å². The van der Waals surface area contributed by atoms with Crippen molar-refractivity contribution in [2.45, 2.75) is 19.4 Å². The highest BCUT2D eigenvalue weighted by molar-refractivity contribution is 5.82. The average Bonchev–Trinajstić information content (AvgIpc) is 2.26. The third-order valence-corrected chi connectivity index (χ3v) is 1.87. The minimum absolute atomic E-state index is 0.0245. The van der Waals surface area contributed by atoms with E-state index in [1.807, 2.05) is 18.2 Å². The van der Waals surface area contributed by atoms with Gasteiger partial charge in [0.1, 0.15) is 18.5 Å². The second-order valence-corrected chi connectivity index (χ2v) is 2.96. The number of ketones is 1. The van der Waals surface area contributed by atoms with Crippen molar-refractivity contribution in [3.05, 3.63) is 30.3 Å². The smallest absolute Gasteiger partial charge is 0.164 e. The highest BCUT2D eigenvalue weighted by Crippen LogP contribution is 2.08. The molecule has 76 valence electrons. The predicted octanol–water partition coefficient (Wildman–Crippen LogP) is 1.41. The third kappa shape index (κ3) is 3.18. The minimum atomic E-state index is -1.01. The number of benzene rings is 1. The van der Waals surface area contributed by atoms with Crippen LogP contribution in [0.2, 0.25) is 0 Å². The first-order chi connectivity index (χ1) is 6.74. The number of Topliss-reactive ketones (excluding diaryl/α,β-unsaturated/α-hetero) is 1. The maximum absolute atomic E-state index is 11.0. The van der Waals surface area contributed by atoms with Crippen molar-refractivity contribution in [1.82, 2.24) is 0 Å². The third-order valence-electron chi connectivity index (χ3n) is 1.87. The lowest BCUT2D eigenvalue weighted by Crippen LogP contribution is -2.26. The van der Waals surface area contributed by atoms with Gasteiger partial charge in [0.25, 0.3) is 0 Å². The van der Waals surface area contributed by atoms with Crippen molar-refractivity contribution in [2.24, 2.45) is 0 Å². The standard InChI is InChI=1S/C11H14O3/c1-2-10(12)11(13)8-14-9-6-4-3-5-7-9/h3-7,11,13H,2,8H2,1H3/t11-/m1/s1. The van der Waals surface area contributed by atoms with Crippen LogP contribution in [0.4, 0.5) is 0 Å².